The van der Waals surface area contributed by atoms with Gasteiger partial charge in [-0.3, -0.25) is 14.6 Å². The smallest absolute Gasteiger partial charge is 0.270 e. The van der Waals surface area contributed by atoms with Crippen molar-refractivity contribution in [1.29, 1.82) is 0 Å². The molecular formula is C17H17FN4O2S. The van der Waals surface area contributed by atoms with E-state index in [-0.39, 0.29) is 18.0 Å². The van der Waals surface area contributed by atoms with Crippen LogP contribution in [0.2, 0.25) is 0 Å². The van der Waals surface area contributed by atoms with Crippen LogP contribution >= 0.6 is 11.3 Å². The normalized spacial score (nSPS) is 16.6. The van der Waals surface area contributed by atoms with Gasteiger partial charge in [0.2, 0.25) is 5.91 Å². The van der Waals surface area contributed by atoms with Crippen molar-refractivity contribution >= 4 is 34.6 Å². The first-order chi connectivity index (χ1) is 12.0. The highest BCUT2D eigenvalue weighted by atomic mass is 32.1. The van der Waals surface area contributed by atoms with Gasteiger partial charge in [0.1, 0.15) is 17.6 Å². The second-order valence-electron chi connectivity index (χ2n) is 5.73. The average molecular weight is 360 g/mol. The van der Waals surface area contributed by atoms with E-state index in [9.17, 15) is 14.0 Å². The molecule has 130 valence electrons. The summed E-state index contributed by atoms with van der Waals surface area (Å²) in [5.41, 5.74) is 6.22. The number of halogens is 1. The molecule has 0 saturated carbocycles. The van der Waals surface area contributed by atoms with Gasteiger partial charge in [-0.1, -0.05) is 6.07 Å². The number of carbonyl (C=O) groups is 2. The first kappa shape index (κ1) is 17.1. The van der Waals surface area contributed by atoms with Gasteiger partial charge in [-0.2, -0.15) is 5.10 Å². The standard InChI is InChI=1S/C17H17FN4O2S/c1-21(10-13-3-2-8-25-13)17(24)14-9-15(16(19)23)22(20-14)12-6-4-11(18)5-7-12/h2-8,15H,9-10H2,1H3,(H2,19,23)/t15-/m1/s1. The molecule has 0 saturated heterocycles. The maximum absolute atomic E-state index is 13.1. The molecule has 2 heterocycles. The zero-order valence-corrected chi connectivity index (χ0v) is 14.4. The number of hydrogen-bond donors (Lipinski definition) is 1. The van der Waals surface area contributed by atoms with Crippen molar-refractivity contribution in [2.75, 3.05) is 12.1 Å². The first-order valence-corrected chi connectivity index (χ1v) is 8.53. The Labute approximate surface area is 148 Å². The van der Waals surface area contributed by atoms with Crippen molar-refractivity contribution in [3.63, 3.8) is 0 Å². The molecule has 0 fully saturated rings. The van der Waals surface area contributed by atoms with E-state index in [1.165, 1.54) is 29.3 Å². The molecule has 2 aromatic rings. The lowest BCUT2D eigenvalue weighted by atomic mass is 10.1. The molecule has 1 aromatic carbocycles. The van der Waals surface area contributed by atoms with Crippen LogP contribution in [0.15, 0.2) is 46.9 Å². The van der Waals surface area contributed by atoms with E-state index < -0.39 is 17.8 Å². The lowest BCUT2D eigenvalue weighted by Gasteiger charge is -2.20. The lowest BCUT2D eigenvalue weighted by molar-refractivity contribution is -0.123. The largest absolute Gasteiger partial charge is 0.368 e. The molecule has 3 rings (SSSR count). The third kappa shape index (κ3) is 3.69. The molecule has 1 aromatic heterocycles. The summed E-state index contributed by atoms with van der Waals surface area (Å²) in [7, 11) is 1.68. The molecule has 6 nitrogen and oxygen atoms in total. The van der Waals surface area contributed by atoms with Crippen LogP contribution in [0.5, 0.6) is 0 Å². The van der Waals surface area contributed by atoms with Gasteiger partial charge in [0.15, 0.2) is 0 Å². The summed E-state index contributed by atoms with van der Waals surface area (Å²) < 4.78 is 13.1. The fourth-order valence-corrected chi connectivity index (χ4v) is 3.38. The summed E-state index contributed by atoms with van der Waals surface area (Å²) in [6.45, 7) is 0.466. The molecule has 0 unspecified atom stereocenters. The highest BCUT2D eigenvalue weighted by molar-refractivity contribution is 7.09. The number of benzene rings is 1. The Kier molecular flexibility index (Phi) is 4.80. The molecule has 0 spiro atoms. The Morgan fingerprint density at radius 2 is 2.08 bits per heavy atom. The zero-order valence-electron chi connectivity index (χ0n) is 13.6. The van der Waals surface area contributed by atoms with Crippen molar-refractivity contribution in [3.05, 3.63) is 52.5 Å². The zero-order chi connectivity index (χ0) is 18.0. The number of rotatable bonds is 5. The van der Waals surface area contributed by atoms with Crippen molar-refractivity contribution < 1.29 is 14.0 Å². The Balaban J connectivity index is 1.81. The summed E-state index contributed by atoms with van der Waals surface area (Å²) in [5, 5.41) is 7.61. The van der Waals surface area contributed by atoms with Gasteiger partial charge in [0, 0.05) is 18.3 Å². The number of nitrogens with zero attached hydrogens (tertiary/aromatic N) is 3. The predicted molar refractivity (Wildman–Crippen MR) is 94.7 cm³/mol. The Morgan fingerprint density at radius 1 is 1.36 bits per heavy atom. The van der Waals surface area contributed by atoms with Crippen LogP contribution in [-0.2, 0) is 16.1 Å². The van der Waals surface area contributed by atoms with Crippen LogP contribution in [-0.4, -0.2) is 35.5 Å². The summed E-state index contributed by atoms with van der Waals surface area (Å²) in [5.74, 6) is -1.24. The number of carbonyl (C=O) groups excluding carboxylic acids is 2. The molecule has 1 aliphatic heterocycles. The molecule has 8 heteroatoms. The highest BCUT2D eigenvalue weighted by Gasteiger charge is 2.36. The summed E-state index contributed by atoms with van der Waals surface area (Å²) in [6, 6.07) is 8.64. The van der Waals surface area contributed by atoms with Crippen LogP contribution in [0.25, 0.3) is 0 Å². The van der Waals surface area contributed by atoms with Gasteiger partial charge >= 0.3 is 0 Å². The second kappa shape index (κ2) is 7.02. The second-order valence-corrected chi connectivity index (χ2v) is 6.76. The van der Waals surface area contributed by atoms with E-state index in [1.54, 1.807) is 23.3 Å². The van der Waals surface area contributed by atoms with E-state index in [0.29, 0.717) is 12.2 Å². The SMILES string of the molecule is CN(Cc1cccs1)C(=O)C1=NN(c2ccc(F)cc2)[C@@H](C(N)=O)C1. The number of anilines is 1. The molecule has 1 aliphatic rings. The van der Waals surface area contributed by atoms with Gasteiger partial charge in [0.25, 0.3) is 5.91 Å². The summed E-state index contributed by atoms with van der Waals surface area (Å²) >= 11 is 1.56. The quantitative estimate of drug-likeness (QED) is 0.885. The number of hydrogen-bond acceptors (Lipinski definition) is 5. The molecular weight excluding hydrogens is 343 g/mol. The van der Waals surface area contributed by atoms with Crippen LogP contribution in [0.4, 0.5) is 10.1 Å². The van der Waals surface area contributed by atoms with Gasteiger partial charge in [-0.25, -0.2) is 4.39 Å². The minimum absolute atomic E-state index is 0.125. The van der Waals surface area contributed by atoms with Gasteiger partial charge in [-0.05, 0) is 35.7 Å². The maximum atomic E-state index is 13.1. The van der Waals surface area contributed by atoms with E-state index in [2.05, 4.69) is 5.10 Å². The van der Waals surface area contributed by atoms with Gasteiger partial charge in [0.05, 0.1) is 12.2 Å². The van der Waals surface area contributed by atoms with Gasteiger partial charge in [-0.15, -0.1) is 11.3 Å². The van der Waals surface area contributed by atoms with Gasteiger partial charge < -0.3 is 10.6 Å². The van der Waals surface area contributed by atoms with E-state index in [0.717, 1.165) is 4.88 Å². The first-order valence-electron chi connectivity index (χ1n) is 7.65. The third-order valence-corrected chi connectivity index (χ3v) is 4.76. The third-order valence-electron chi connectivity index (χ3n) is 3.90. The molecule has 0 radical (unpaired) electrons. The molecule has 2 amide bonds. The summed E-state index contributed by atoms with van der Waals surface area (Å²) in [6.07, 6.45) is 0.125. The van der Waals surface area contributed by atoms with E-state index >= 15 is 0 Å². The molecule has 0 aliphatic carbocycles. The molecule has 25 heavy (non-hydrogen) atoms. The predicted octanol–water partition coefficient (Wildman–Crippen LogP) is 1.97. The minimum Gasteiger partial charge on any atom is -0.368 e. The molecule has 2 N–H and O–H groups in total. The lowest BCUT2D eigenvalue weighted by Crippen LogP contribution is -2.40. The van der Waals surface area contributed by atoms with Crippen LogP contribution in [0, 0.1) is 5.82 Å². The summed E-state index contributed by atoms with van der Waals surface area (Å²) in [4.78, 5) is 27.0. The fraction of sp³-hybridized carbons (Fsp3) is 0.235. The van der Waals surface area contributed by atoms with Crippen molar-refractivity contribution in [2.24, 2.45) is 10.8 Å². The Bertz CT molecular complexity index is 805. The average Bonchev–Trinajstić information content (AvgIpc) is 3.24. The number of thiophene rings is 1. The number of amides is 2. The minimum atomic E-state index is -0.764. The number of primary amides is 1. The van der Waals surface area contributed by atoms with E-state index in [4.69, 9.17) is 5.73 Å². The number of nitrogens with two attached hydrogens (primary N) is 1. The number of hydrazone groups is 1. The van der Waals surface area contributed by atoms with Crippen LogP contribution < -0.4 is 10.7 Å². The van der Waals surface area contributed by atoms with Crippen molar-refractivity contribution in [3.8, 4) is 0 Å². The Morgan fingerprint density at radius 3 is 2.68 bits per heavy atom. The van der Waals surface area contributed by atoms with Crippen LogP contribution in [0.3, 0.4) is 0 Å². The fourth-order valence-electron chi connectivity index (χ4n) is 2.62. The van der Waals surface area contributed by atoms with Crippen LogP contribution in [0.1, 0.15) is 11.3 Å². The van der Waals surface area contributed by atoms with Crippen molar-refractivity contribution in [2.45, 2.75) is 19.0 Å². The van der Waals surface area contributed by atoms with E-state index in [1.807, 2.05) is 17.5 Å². The monoisotopic (exact) mass is 360 g/mol. The highest BCUT2D eigenvalue weighted by Crippen LogP contribution is 2.25. The molecule has 1 atom stereocenters. The topological polar surface area (TPSA) is 79.0 Å². The Hall–Kier alpha value is -2.74. The maximum Gasteiger partial charge on any atom is 0.270 e. The van der Waals surface area contributed by atoms with Crippen molar-refractivity contribution in [1.82, 2.24) is 4.90 Å². The molecule has 0 bridgehead atoms.